The van der Waals surface area contributed by atoms with Gasteiger partial charge in [-0.25, -0.2) is 0 Å². The van der Waals surface area contributed by atoms with Crippen molar-refractivity contribution in [2.24, 2.45) is 0 Å². The zero-order valence-corrected chi connectivity index (χ0v) is 6.86. The molecule has 0 heterocycles. The molecule has 0 nitrogen and oxygen atoms in total. The van der Waals surface area contributed by atoms with Crippen molar-refractivity contribution in [1.29, 1.82) is 0 Å². The normalized spacial score (nSPS) is 9.80. The van der Waals surface area contributed by atoms with E-state index in [0.29, 0.717) is 0 Å². The Morgan fingerprint density at radius 1 is 1.50 bits per heavy atom. The van der Waals surface area contributed by atoms with Crippen LogP contribution in [-0.4, -0.2) is 7.85 Å². The lowest BCUT2D eigenvalue weighted by Crippen LogP contribution is -2.09. The predicted octanol–water partition coefficient (Wildman–Crippen LogP) is 1.33. The van der Waals surface area contributed by atoms with Gasteiger partial charge >= 0.3 is 0 Å². The summed E-state index contributed by atoms with van der Waals surface area (Å²) >= 11 is 4.27. The quantitative estimate of drug-likeness (QED) is 0.450. The molecule has 0 aromatic heterocycles. The van der Waals surface area contributed by atoms with E-state index in [1.807, 2.05) is 18.2 Å². The molecule has 2 heteroatoms. The van der Waals surface area contributed by atoms with Crippen molar-refractivity contribution in [1.82, 2.24) is 0 Å². The van der Waals surface area contributed by atoms with Crippen molar-refractivity contribution in [3.8, 4) is 0 Å². The van der Waals surface area contributed by atoms with Crippen LogP contribution in [-0.2, 0) is 6.42 Å². The van der Waals surface area contributed by atoms with Crippen molar-refractivity contribution >= 4 is 25.9 Å². The van der Waals surface area contributed by atoms with E-state index in [0.717, 1.165) is 22.3 Å². The lowest BCUT2D eigenvalue weighted by atomic mass is 9.89. The molecule has 0 spiro atoms. The second-order valence-corrected chi connectivity index (χ2v) is 2.68. The lowest BCUT2D eigenvalue weighted by molar-refractivity contribution is 1.10. The van der Waals surface area contributed by atoms with Crippen LogP contribution in [0.5, 0.6) is 0 Å². The largest absolute Gasteiger partial charge is 0.143 e. The molecule has 0 saturated carbocycles. The fourth-order valence-corrected chi connectivity index (χ4v) is 1.35. The zero-order valence-electron chi connectivity index (χ0n) is 5.96. The smallest absolute Gasteiger partial charge is 0.114 e. The van der Waals surface area contributed by atoms with Gasteiger partial charge in [-0.1, -0.05) is 24.5 Å². The van der Waals surface area contributed by atoms with Crippen LogP contribution < -0.4 is 5.46 Å². The highest BCUT2D eigenvalue weighted by Crippen LogP contribution is 2.10. The van der Waals surface area contributed by atoms with Gasteiger partial charge in [0, 0.05) is 4.90 Å². The maximum atomic E-state index is 5.68. The summed E-state index contributed by atoms with van der Waals surface area (Å²) in [6, 6.07) is 5.77. The molecule has 0 aliphatic rings. The molecule has 2 radical (unpaired) electrons. The molecule has 0 aliphatic heterocycles. The Morgan fingerprint density at radius 2 is 2.20 bits per heavy atom. The predicted molar refractivity (Wildman–Crippen MR) is 48.5 cm³/mol. The molecule has 1 aromatic rings. The average Bonchev–Trinajstić information content (AvgIpc) is 1.88. The third-order valence-electron chi connectivity index (χ3n) is 1.54. The van der Waals surface area contributed by atoms with Crippen molar-refractivity contribution in [3.05, 3.63) is 23.8 Å². The highest BCUT2D eigenvalue weighted by atomic mass is 32.1. The van der Waals surface area contributed by atoms with E-state index >= 15 is 0 Å². The van der Waals surface area contributed by atoms with Crippen LogP contribution in [0.4, 0.5) is 0 Å². The van der Waals surface area contributed by atoms with E-state index in [4.69, 9.17) is 7.85 Å². The minimum absolute atomic E-state index is 0.843. The van der Waals surface area contributed by atoms with Gasteiger partial charge in [0.2, 0.25) is 0 Å². The molecule has 0 amide bonds. The monoisotopic (exact) mass is 148 g/mol. The van der Waals surface area contributed by atoms with Crippen molar-refractivity contribution < 1.29 is 0 Å². The van der Waals surface area contributed by atoms with E-state index < -0.39 is 0 Å². The van der Waals surface area contributed by atoms with Gasteiger partial charge in [-0.15, -0.1) is 12.6 Å². The first-order valence-corrected chi connectivity index (χ1v) is 3.76. The van der Waals surface area contributed by atoms with E-state index in [1.54, 1.807) is 0 Å². The van der Waals surface area contributed by atoms with Gasteiger partial charge in [0.25, 0.3) is 0 Å². The van der Waals surface area contributed by atoms with Crippen LogP contribution in [0.15, 0.2) is 23.1 Å². The van der Waals surface area contributed by atoms with Crippen molar-refractivity contribution in [2.75, 3.05) is 0 Å². The highest BCUT2D eigenvalue weighted by molar-refractivity contribution is 7.80. The minimum Gasteiger partial charge on any atom is -0.143 e. The summed E-state index contributed by atoms with van der Waals surface area (Å²) < 4.78 is 0. The first-order chi connectivity index (χ1) is 4.75. The van der Waals surface area contributed by atoms with E-state index in [2.05, 4.69) is 19.6 Å². The van der Waals surface area contributed by atoms with Crippen LogP contribution >= 0.6 is 12.6 Å². The summed E-state index contributed by atoms with van der Waals surface area (Å²) in [6.07, 6.45) is 0.950. The summed E-state index contributed by atoms with van der Waals surface area (Å²) in [4.78, 5) is 0.988. The van der Waals surface area contributed by atoms with Crippen LogP contribution in [0, 0.1) is 0 Å². The Bertz CT molecular complexity index is 212. The lowest BCUT2D eigenvalue weighted by Gasteiger charge is -2.04. The summed E-state index contributed by atoms with van der Waals surface area (Å²) in [7, 11) is 5.68. The molecule has 1 aromatic carbocycles. The molecule has 0 saturated heterocycles. The Balaban J connectivity index is 3.17. The molecule has 0 unspecified atom stereocenters. The van der Waals surface area contributed by atoms with Gasteiger partial charge in [0.1, 0.15) is 7.85 Å². The fraction of sp³-hybridized carbons (Fsp3) is 0.250. The summed E-state index contributed by atoms with van der Waals surface area (Å²) in [5, 5.41) is 0. The third-order valence-corrected chi connectivity index (χ3v) is 1.96. The average molecular weight is 148 g/mol. The first kappa shape index (κ1) is 7.74. The number of hydrogen-bond donors (Lipinski definition) is 1. The number of benzene rings is 1. The van der Waals surface area contributed by atoms with Crippen molar-refractivity contribution in [3.63, 3.8) is 0 Å². The van der Waals surface area contributed by atoms with E-state index in [1.165, 1.54) is 0 Å². The molecule has 0 aliphatic carbocycles. The molecular formula is C8H9BS. The first-order valence-electron chi connectivity index (χ1n) is 3.32. The Hall–Kier alpha value is -0.365. The molecule has 0 fully saturated rings. The zero-order chi connectivity index (χ0) is 7.56. The van der Waals surface area contributed by atoms with Crippen molar-refractivity contribution in [2.45, 2.75) is 18.2 Å². The Kier molecular flexibility index (Phi) is 2.44. The van der Waals surface area contributed by atoms with Gasteiger partial charge in [-0.2, -0.15) is 0 Å². The summed E-state index contributed by atoms with van der Waals surface area (Å²) in [6.45, 7) is 2.07. The number of thiol groups is 1. The molecular weight excluding hydrogens is 139 g/mol. The molecule has 1 rings (SSSR count). The maximum absolute atomic E-state index is 5.68. The Morgan fingerprint density at radius 3 is 2.60 bits per heavy atom. The van der Waals surface area contributed by atoms with Gasteiger partial charge in [0.05, 0.1) is 0 Å². The SMILES string of the molecule is [B]c1cccc(S)c1CC. The van der Waals surface area contributed by atoms with Gasteiger partial charge in [-0.05, 0) is 18.1 Å². The molecule has 0 atom stereocenters. The second-order valence-electron chi connectivity index (χ2n) is 2.20. The molecule has 0 N–H and O–H groups in total. The number of hydrogen-bond acceptors (Lipinski definition) is 1. The number of rotatable bonds is 1. The minimum atomic E-state index is 0.843. The topological polar surface area (TPSA) is 0 Å². The van der Waals surface area contributed by atoms with Crippen LogP contribution in [0.25, 0.3) is 0 Å². The van der Waals surface area contributed by atoms with Gasteiger partial charge < -0.3 is 0 Å². The molecule has 0 bridgehead atoms. The van der Waals surface area contributed by atoms with Gasteiger partial charge in [-0.3, -0.25) is 0 Å². The molecule has 10 heavy (non-hydrogen) atoms. The van der Waals surface area contributed by atoms with E-state index in [-0.39, 0.29) is 0 Å². The third kappa shape index (κ3) is 1.37. The molecule has 50 valence electrons. The second kappa shape index (κ2) is 3.15. The fourth-order valence-electron chi connectivity index (χ4n) is 0.977. The van der Waals surface area contributed by atoms with Crippen LogP contribution in [0.1, 0.15) is 12.5 Å². The van der Waals surface area contributed by atoms with Crippen LogP contribution in [0.2, 0.25) is 0 Å². The van der Waals surface area contributed by atoms with Crippen LogP contribution in [0.3, 0.4) is 0 Å². The summed E-state index contributed by atoms with van der Waals surface area (Å²) in [5.41, 5.74) is 1.99. The summed E-state index contributed by atoms with van der Waals surface area (Å²) in [5.74, 6) is 0. The standard InChI is InChI=1S/C8H9BS/c1-2-6-7(9)4-3-5-8(6)10/h3-5,10H,2H2,1H3. The van der Waals surface area contributed by atoms with Gasteiger partial charge in [0.15, 0.2) is 0 Å². The maximum Gasteiger partial charge on any atom is 0.114 e. The highest BCUT2D eigenvalue weighted by Gasteiger charge is 1.96. The van der Waals surface area contributed by atoms with E-state index in [9.17, 15) is 0 Å². The Labute approximate surface area is 68.5 Å².